The molecule has 0 aliphatic heterocycles. The molecule has 3 N–H and O–H groups in total. The van der Waals surface area contributed by atoms with Crippen molar-refractivity contribution in [2.75, 3.05) is 13.2 Å². The normalized spacial score (nSPS) is 12.6. The second-order valence-electron chi connectivity index (χ2n) is 19.3. The first-order valence-corrected chi connectivity index (χ1v) is 27.9. The van der Waals surface area contributed by atoms with Gasteiger partial charge in [-0.15, -0.1) is 0 Å². The van der Waals surface area contributed by atoms with Gasteiger partial charge in [0.1, 0.15) is 0 Å². The average Bonchev–Trinajstić information content (AvgIpc) is 3.27. The number of nitrogens with one attached hydrogen (secondary N) is 1. The zero-order chi connectivity index (χ0) is 45.1. The summed E-state index contributed by atoms with van der Waals surface area (Å²) in [5, 5.41) is 23.2. The predicted octanol–water partition coefficient (Wildman–Crippen LogP) is 16.9. The van der Waals surface area contributed by atoms with Crippen LogP contribution in [0.15, 0.2) is 12.2 Å². The van der Waals surface area contributed by atoms with Crippen LogP contribution in [0.4, 0.5) is 0 Å². The van der Waals surface area contributed by atoms with E-state index in [4.69, 9.17) is 4.74 Å². The Hall–Kier alpha value is -1.40. The van der Waals surface area contributed by atoms with E-state index in [0.29, 0.717) is 25.9 Å². The highest BCUT2D eigenvalue weighted by Crippen LogP contribution is 2.17. The van der Waals surface area contributed by atoms with Crippen LogP contribution in [0.25, 0.3) is 0 Å². The van der Waals surface area contributed by atoms with E-state index in [0.717, 1.165) is 51.4 Å². The third kappa shape index (κ3) is 48.1. The molecule has 0 aromatic carbocycles. The number of unbranched alkanes of at least 4 members (excludes halogenated alkanes) is 39. The van der Waals surface area contributed by atoms with Gasteiger partial charge in [0.25, 0.3) is 0 Å². The minimum Gasteiger partial charge on any atom is -0.466 e. The van der Waals surface area contributed by atoms with E-state index in [1.807, 2.05) is 0 Å². The van der Waals surface area contributed by atoms with Gasteiger partial charge in [-0.1, -0.05) is 257 Å². The maximum absolute atomic E-state index is 12.4. The fourth-order valence-electron chi connectivity index (χ4n) is 8.75. The highest BCUT2D eigenvalue weighted by atomic mass is 16.5. The van der Waals surface area contributed by atoms with Crippen LogP contribution in [0.2, 0.25) is 0 Å². The molecule has 368 valence electrons. The van der Waals surface area contributed by atoms with Crippen molar-refractivity contribution in [3.8, 4) is 0 Å². The van der Waals surface area contributed by atoms with Crippen LogP contribution < -0.4 is 5.32 Å². The molecule has 0 rings (SSSR count). The van der Waals surface area contributed by atoms with Crippen LogP contribution >= 0.6 is 0 Å². The number of aliphatic hydroxyl groups excluding tert-OH is 2. The lowest BCUT2D eigenvalue weighted by molar-refractivity contribution is -0.143. The van der Waals surface area contributed by atoms with E-state index in [-0.39, 0.29) is 18.5 Å². The minimum atomic E-state index is -0.669. The van der Waals surface area contributed by atoms with Gasteiger partial charge in [0.05, 0.1) is 25.4 Å². The SMILES string of the molecule is CCCCCCCC/C=C\CCCCCCCCCCCC(=O)OCCCCCCCCCCCCCCCCC(=O)NC(CO)C(O)CCCCCCCCCCCCCC. The molecule has 0 spiro atoms. The van der Waals surface area contributed by atoms with Gasteiger partial charge in [0.2, 0.25) is 5.91 Å². The summed E-state index contributed by atoms with van der Waals surface area (Å²) in [7, 11) is 0. The summed E-state index contributed by atoms with van der Waals surface area (Å²) in [6.07, 6.45) is 60.5. The Morgan fingerprint density at radius 2 is 0.758 bits per heavy atom. The maximum atomic E-state index is 12.4. The summed E-state index contributed by atoms with van der Waals surface area (Å²) in [5.41, 5.74) is 0. The van der Waals surface area contributed by atoms with Gasteiger partial charge in [-0.25, -0.2) is 0 Å². The van der Waals surface area contributed by atoms with E-state index in [2.05, 4.69) is 31.3 Å². The van der Waals surface area contributed by atoms with Crippen molar-refractivity contribution in [2.24, 2.45) is 0 Å². The molecule has 0 aliphatic rings. The van der Waals surface area contributed by atoms with E-state index >= 15 is 0 Å². The Labute approximate surface area is 387 Å². The molecule has 0 aliphatic carbocycles. The quantitative estimate of drug-likeness (QED) is 0.0321. The largest absolute Gasteiger partial charge is 0.466 e. The van der Waals surface area contributed by atoms with Crippen molar-refractivity contribution in [3.63, 3.8) is 0 Å². The Kier molecular flexibility index (Phi) is 51.0. The van der Waals surface area contributed by atoms with Crippen LogP contribution in [-0.2, 0) is 14.3 Å². The number of ether oxygens (including phenoxy) is 1. The van der Waals surface area contributed by atoms with Crippen molar-refractivity contribution in [3.05, 3.63) is 12.2 Å². The van der Waals surface area contributed by atoms with Gasteiger partial charge in [0, 0.05) is 12.8 Å². The number of esters is 1. The maximum Gasteiger partial charge on any atom is 0.305 e. The van der Waals surface area contributed by atoms with Gasteiger partial charge in [-0.05, 0) is 51.4 Å². The molecule has 1 amide bonds. The Balaban J connectivity index is 3.40. The van der Waals surface area contributed by atoms with Crippen molar-refractivity contribution in [2.45, 2.75) is 321 Å². The number of aliphatic hydroxyl groups is 2. The standard InChI is InChI=1S/C56H109NO5/c1-3-5-7-9-11-13-15-17-18-19-20-21-22-26-30-34-38-42-46-50-56(61)62-51-47-43-39-35-31-27-24-23-25-29-33-37-41-45-49-55(60)57-53(52-58)54(59)48-44-40-36-32-28-16-14-12-10-8-6-4-2/h17-18,53-54,58-59H,3-16,19-52H2,1-2H3,(H,57,60)/b18-17-. The monoisotopic (exact) mass is 876 g/mol. The van der Waals surface area contributed by atoms with Crippen LogP contribution in [0.1, 0.15) is 309 Å². The fourth-order valence-corrected chi connectivity index (χ4v) is 8.75. The van der Waals surface area contributed by atoms with Crippen molar-refractivity contribution in [1.29, 1.82) is 0 Å². The molecule has 0 bridgehead atoms. The van der Waals surface area contributed by atoms with Gasteiger partial charge in [0.15, 0.2) is 0 Å². The number of carbonyl (C=O) groups is 2. The van der Waals surface area contributed by atoms with E-state index < -0.39 is 12.1 Å². The third-order valence-corrected chi connectivity index (χ3v) is 13.1. The van der Waals surface area contributed by atoms with Crippen LogP contribution in [0, 0.1) is 0 Å². The molecule has 2 atom stereocenters. The summed E-state index contributed by atoms with van der Waals surface area (Å²) in [6, 6.07) is -0.548. The van der Waals surface area contributed by atoms with Crippen LogP contribution in [-0.4, -0.2) is 47.4 Å². The number of amides is 1. The van der Waals surface area contributed by atoms with E-state index in [1.165, 1.54) is 225 Å². The first-order valence-electron chi connectivity index (χ1n) is 27.9. The molecule has 0 saturated carbocycles. The molecule has 6 heteroatoms. The van der Waals surface area contributed by atoms with E-state index in [9.17, 15) is 19.8 Å². The first-order chi connectivity index (χ1) is 30.5. The lowest BCUT2D eigenvalue weighted by Crippen LogP contribution is -2.45. The van der Waals surface area contributed by atoms with Gasteiger partial charge >= 0.3 is 5.97 Å². The first kappa shape index (κ1) is 60.6. The molecular weight excluding hydrogens is 767 g/mol. The second-order valence-corrected chi connectivity index (χ2v) is 19.3. The molecule has 0 saturated heterocycles. The van der Waals surface area contributed by atoms with Crippen molar-refractivity contribution < 1.29 is 24.5 Å². The molecular formula is C56H109NO5. The summed E-state index contributed by atoms with van der Waals surface area (Å²) in [4.78, 5) is 24.5. The Bertz CT molecular complexity index is 924. The summed E-state index contributed by atoms with van der Waals surface area (Å²) < 4.78 is 5.48. The molecule has 62 heavy (non-hydrogen) atoms. The summed E-state index contributed by atoms with van der Waals surface area (Å²) >= 11 is 0. The lowest BCUT2D eigenvalue weighted by Gasteiger charge is -2.22. The number of allylic oxidation sites excluding steroid dienone is 2. The van der Waals surface area contributed by atoms with Crippen molar-refractivity contribution >= 4 is 11.9 Å². The molecule has 6 nitrogen and oxygen atoms in total. The molecule has 2 unspecified atom stereocenters. The Morgan fingerprint density at radius 1 is 0.435 bits per heavy atom. The number of hydrogen-bond donors (Lipinski definition) is 3. The number of rotatable bonds is 52. The van der Waals surface area contributed by atoms with Gasteiger partial charge < -0.3 is 20.3 Å². The van der Waals surface area contributed by atoms with Gasteiger partial charge in [-0.3, -0.25) is 9.59 Å². The molecule has 0 radical (unpaired) electrons. The smallest absolute Gasteiger partial charge is 0.305 e. The van der Waals surface area contributed by atoms with Crippen LogP contribution in [0.3, 0.4) is 0 Å². The third-order valence-electron chi connectivity index (χ3n) is 13.1. The number of hydrogen-bond acceptors (Lipinski definition) is 5. The fraction of sp³-hybridized carbons (Fsp3) is 0.929. The summed E-state index contributed by atoms with van der Waals surface area (Å²) in [6.45, 7) is 4.93. The molecule has 0 heterocycles. The highest BCUT2D eigenvalue weighted by Gasteiger charge is 2.20. The highest BCUT2D eigenvalue weighted by molar-refractivity contribution is 5.76. The predicted molar refractivity (Wildman–Crippen MR) is 269 cm³/mol. The second kappa shape index (κ2) is 52.2. The zero-order valence-corrected chi connectivity index (χ0v) is 41.9. The topological polar surface area (TPSA) is 95.9 Å². The Morgan fingerprint density at radius 3 is 1.15 bits per heavy atom. The molecule has 0 aromatic heterocycles. The van der Waals surface area contributed by atoms with Crippen molar-refractivity contribution in [1.82, 2.24) is 5.32 Å². The van der Waals surface area contributed by atoms with Crippen LogP contribution in [0.5, 0.6) is 0 Å². The lowest BCUT2D eigenvalue weighted by atomic mass is 10.0. The zero-order valence-electron chi connectivity index (χ0n) is 41.9. The van der Waals surface area contributed by atoms with Gasteiger partial charge in [-0.2, -0.15) is 0 Å². The molecule has 0 aromatic rings. The number of carbonyl (C=O) groups excluding carboxylic acids is 2. The summed E-state index contributed by atoms with van der Waals surface area (Å²) in [5.74, 6) is -0.0472. The van der Waals surface area contributed by atoms with E-state index in [1.54, 1.807) is 0 Å². The minimum absolute atomic E-state index is 0.00220. The average molecular weight is 876 g/mol. The molecule has 0 fully saturated rings.